The van der Waals surface area contributed by atoms with E-state index in [9.17, 15) is 5.11 Å². The molecular weight excluding hydrogens is 259 g/mol. The van der Waals surface area contributed by atoms with Crippen molar-refractivity contribution in [2.24, 2.45) is 0 Å². The molecule has 0 aliphatic heterocycles. The second kappa shape index (κ2) is 4.07. The smallest absolute Gasteiger partial charge is 0.178 e. The average Bonchev–Trinajstić information content (AvgIpc) is 2.13. The molecule has 0 saturated carbocycles. The summed E-state index contributed by atoms with van der Waals surface area (Å²) in [6.45, 7) is 0. The number of phenols is 1. The van der Waals surface area contributed by atoms with Crippen molar-refractivity contribution in [3.05, 3.63) is 15.6 Å². The second-order valence-corrected chi connectivity index (χ2v) is 3.46. The van der Waals surface area contributed by atoms with Crippen LogP contribution in [0.4, 0.5) is 0 Å². The summed E-state index contributed by atoms with van der Waals surface area (Å²) in [5.74, 6) is 0.834. The van der Waals surface area contributed by atoms with Gasteiger partial charge in [-0.25, -0.2) is 0 Å². The van der Waals surface area contributed by atoms with Crippen molar-refractivity contribution in [3.63, 3.8) is 0 Å². The Morgan fingerprint density at radius 2 is 2.00 bits per heavy atom. The van der Waals surface area contributed by atoms with Gasteiger partial charge in [-0.15, -0.1) is 0 Å². The zero-order valence-corrected chi connectivity index (χ0v) is 9.44. The first-order chi connectivity index (χ1) is 6.11. The summed E-state index contributed by atoms with van der Waals surface area (Å²) in [4.78, 5) is 0. The summed E-state index contributed by atoms with van der Waals surface area (Å²) in [6.07, 6.45) is 0. The summed E-state index contributed by atoms with van der Waals surface area (Å²) < 4.78 is 10.4. The molecule has 0 radical (unpaired) electrons. The minimum absolute atomic E-state index is 0.0562. The zero-order valence-electron chi connectivity index (χ0n) is 7.10. The lowest BCUT2D eigenvalue weighted by atomic mass is 10.3. The maximum Gasteiger partial charge on any atom is 0.178 e. The minimum atomic E-state index is -0.0562. The van der Waals surface area contributed by atoms with Crippen LogP contribution in [0.25, 0.3) is 0 Å². The number of phenolic OH excluding ortho intramolecular Hbond substituents is 1. The van der Waals surface area contributed by atoms with Crippen molar-refractivity contribution in [2.75, 3.05) is 14.2 Å². The third-order valence-corrected chi connectivity index (χ3v) is 2.56. The SMILES string of the molecule is COc1cc(Cl)c(O)c(Br)c1OC. The largest absolute Gasteiger partial charge is 0.505 e. The fourth-order valence-electron chi connectivity index (χ4n) is 0.911. The van der Waals surface area contributed by atoms with Gasteiger partial charge in [0.1, 0.15) is 4.47 Å². The van der Waals surface area contributed by atoms with Crippen molar-refractivity contribution in [3.8, 4) is 17.2 Å². The lowest BCUT2D eigenvalue weighted by Crippen LogP contribution is -1.91. The van der Waals surface area contributed by atoms with Crippen molar-refractivity contribution in [1.82, 2.24) is 0 Å². The normalized spacial score (nSPS) is 9.85. The molecule has 72 valence electrons. The Morgan fingerprint density at radius 1 is 1.38 bits per heavy atom. The number of aromatic hydroxyl groups is 1. The number of ether oxygens (including phenoxy) is 2. The zero-order chi connectivity index (χ0) is 10.0. The van der Waals surface area contributed by atoms with Gasteiger partial charge in [0.2, 0.25) is 0 Å². The molecule has 0 aromatic heterocycles. The van der Waals surface area contributed by atoms with Crippen LogP contribution in [0.15, 0.2) is 10.5 Å². The molecule has 1 N–H and O–H groups in total. The molecule has 0 atom stereocenters. The van der Waals surface area contributed by atoms with E-state index in [1.165, 1.54) is 20.3 Å². The molecule has 5 heteroatoms. The molecule has 0 heterocycles. The monoisotopic (exact) mass is 266 g/mol. The van der Waals surface area contributed by atoms with E-state index in [2.05, 4.69) is 15.9 Å². The molecule has 0 saturated heterocycles. The number of hydrogen-bond acceptors (Lipinski definition) is 3. The summed E-state index contributed by atoms with van der Waals surface area (Å²) in [5.41, 5.74) is 0. The fourth-order valence-corrected chi connectivity index (χ4v) is 1.79. The van der Waals surface area contributed by atoms with E-state index >= 15 is 0 Å². The van der Waals surface area contributed by atoms with Crippen LogP contribution in [-0.4, -0.2) is 19.3 Å². The molecule has 0 spiro atoms. The van der Waals surface area contributed by atoms with Crippen LogP contribution in [0.1, 0.15) is 0 Å². The molecule has 0 fully saturated rings. The van der Waals surface area contributed by atoms with E-state index < -0.39 is 0 Å². The van der Waals surface area contributed by atoms with Crippen LogP contribution in [-0.2, 0) is 0 Å². The van der Waals surface area contributed by atoms with Crippen LogP contribution in [0.5, 0.6) is 17.2 Å². The maximum atomic E-state index is 9.42. The van der Waals surface area contributed by atoms with Gasteiger partial charge in [-0.2, -0.15) is 0 Å². The Bertz CT molecular complexity index is 328. The van der Waals surface area contributed by atoms with E-state index in [0.717, 1.165) is 0 Å². The van der Waals surface area contributed by atoms with Crippen LogP contribution in [0.2, 0.25) is 5.02 Å². The highest BCUT2D eigenvalue weighted by Crippen LogP contribution is 2.45. The highest BCUT2D eigenvalue weighted by atomic mass is 79.9. The molecule has 0 bridgehead atoms. The third kappa shape index (κ3) is 1.84. The summed E-state index contributed by atoms with van der Waals surface area (Å²) >= 11 is 8.85. The molecule has 1 aromatic carbocycles. The van der Waals surface area contributed by atoms with Crippen LogP contribution >= 0.6 is 27.5 Å². The number of methoxy groups -OCH3 is 2. The quantitative estimate of drug-likeness (QED) is 0.895. The van der Waals surface area contributed by atoms with Crippen LogP contribution in [0, 0.1) is 0 Å². The van der Waals surface area contributed by atoms with Crippen molar-refractivity contribution < 1.29 is 14.6 Å². The van der Waals surface area contributed by atoms with Crippen molar-refractivity contribution in [1.29, 1.82) is 0 Å². The third-order valence-electron chi connectivity index (χ3n) is 1.54. The number of halogens is 2. The number of benzene rings is 1. The topological polar surface area (TPSA) is 38.7 Å². The van der Waals surface area contributed by atoms with Gasteiger partial charge in [-0.1, -0.05) is 11.6 Å². The van der Waals surface area contributed by atoms with Gasteiger partial charge >= 0.3 is 0 Å². The average molecular weight is 268 g/mol. The first kappa shape index (κ1) is 10.5. The Labute approximate surface area is 89.4 Å². The molecular formula is C8H8BrClO3. The molecule has 1 aromatic rings. The van der Waals surface area contributed by atoms with Gasteiger partial charge in [0.25, 0.3) is 0 Å². The summed E-state index contributed by atoms with van der Waals surface area (Å²) in [7, 11) is 2.98. The predicted octanol–water partition coefficient (Wildman–Crippen LogP) is 2.83. The standard InChI is InChI=1S/C8H8BrClO3/c1-12-5-3-4(10)7(11)6(9)8(5)13-2/h3,11H,1-2H3. The van der Waals surface area contributed by atoms with Gasteiger partial charge in [0.05, 0.1) is 19.2 Å². The Balaban J connectivity index is 3.39. The molecule has 1 rings (SSSR count). The lowest BCUT2D eigenvalue weighted by molar-refractivity contribution is 0.349. The van der Waals surface area contributed by atoms with E-state index in [-0.39, 0.29) is 10.8 Å². The van der Waals surface area contributed by atoms with Crippen LogP contribution < -0.4 is 9.47 Å². The lowest BCUT2D eigenvalue weighted by Gasteiger charge is -2.11. The first-order valence-corrected chi connectivity index (χ1v) is 4.57. The van der Waals surface area contributed by atoms with Gasteiger partial charge in [0.15, 0.2) is 17.2 Å². The van der Waals surface area contributed by atoms with E-state index in [0.29, 0.717) is 16.0 Å². The molecule has 0 amide bonds. The summed E-state index contributed by atoms with van der Waals surface area (Å²) in [5, 5.41) is 9.64. The van der Waals surface area contributed by atoms with Crippen molar-refractivity contribution in [2.45, 2.75) is 0 Å². The van der Waals surface area contributed by atoms with Gasteiger partial charge in [0, 0.05) is 6.07 Å². The van der Waals surface area contributed by atoms with Gasteiger partial charge in [-0.05, 0) is 15.9 Å². The predicted molar refractivity (Wildman–Crippen MR) is 53.9 cm³/mol. The fraction of sp³-hybridized carbons (Fsp3) is 0.250. The number of hydrogen-bond donors (Lipinski definition) is 1. The van der Waals surface area contributed by atoms with Gasteiger partial charge in [-0.3, -0.25) is 0 Å². The van der Waals surface area contributed by atoms with E-state index in [1.54, 1.807) is 0 Å². The Hall–Kier alpha value is -0.610. The van der Waals surface area contributed by atoms with E-state index in [4.69, 9.17) is 21.1 Å². The molecule has 13 heavy (non-hydrogen) atoms. The maximum absolute atomic E-state index is 9.42. The highest BCUT2D eigenvalue weighted by Gasteiger charge is 2.15. The second-order valence-electron chi connectivity index (χ2n) is 2.26. The Kier molecular flexibility index (Phi) is 3.27. The number of rotatable bonds is 2. The minimum Gasteiger partial charge on any atom is -0.505 e. The molecule has 3 nitrogen and oxygen atoms in total. The summed E-state index contributed by atoms with van der Waals surface area (Å²) in [6, 6.07) is 1.49. The van der Waals surface area contributed by atoms with E-state index in [1.807, 2.05) is 0 Å². The van der Waals surface area contributed by atoms with Crippen molar-refractivity contribution >= 4 is 27.5 Å². The molecule has 0 aliphatic carbocycles. The molecule has 0 unspecified atom stereocenters. The van der Waals surface area contributed by atoms with Gasteiger partial charge < -0.3 is 14.6 Å². The first-order valence-electron chi connectivity index (χ1n) is 3.40. The highest BCUT2D eigenvalue weighted by molar-refractivity contribution is 9.10. The molecule has 0 aliphatic rings. The van der Waals surface area contributed by atoms with Crippen LogP contribution in [0.3, 0.4) is 0 Å². The Morgan fingerprint density at radius 3 is 2.46 bits per heavy atom.